The number of ether oxygens (including phenoxy) is 3. The summed E-state index contributed by atoms with van der Waals surface area (Å²) in [6.07, 6.45) is -11.9. The van der Waals surface area contributed by atoms with Gasteiger partial charge in [-0.25, -0.2) is 22.8 Å². The summed E-state index contributed by atoms with van der Waals surface area (Å²) in [7, 11) is -7.12. The zero-order valence-corrected chi connectivity index (χ0v) is 27.9. The van der Waals surface area contributed by atoms with Crippen molar-refractivity contribution in [3.8, 4) is 0 Å². The molecule has 0 aliphatic rings. The third kappa shape index (κ3) is 9.69. The van der Waals surface area contributed by atoms with Gasteiger partial charge < -0.3 is 14.2 Å². The van der Waals surface area contributed by atoms with Crippen molar-refractivity contribution in [2.75, 3.05) is 37.4 Å². The van der Waals surface area contributed by atoms with E-state index in [1.807, 2.05) is 0 Å². The molecule has 2 amide bonds. The Morgan fingerprint density at radius 3 is 1.88 bits per heavy atom. The van der Waals surface area contributed by atoms with E-state index in [4.69, 9.17) is 14.2 Å². The Labute approximate surface area is 286 Å². The number of rotatable bonds is 17. The van der Waals surface area contributed by atoms with Crippen LogP contribution in [0.1, 0.15) is 32.3 Å². The largest absolute Gasteiger partial charge is 0.460 e. The van der Waals surface area contributed by atoms with E-state index >= 15 is 0 Å². The molecule has 11 nitrogen and oxygen atoms in total. The first kappa shape index (κ1) is 46.0. The highest BCUT2D eigenvalue weighted by Gasteiger charge is 2.92. The van der Waals surface area contributed by atoms with Gasteiger partial charge in [0.15, 0.2) is 0 Å². The minimum atomic E-state index is -8.28. The average Bonchev–Trinajstić information content (AvgIpc) is 2.99. The van der Waals surface area contributed by atoms with Gasteiger partial charge in [0.1, 0.15) is 12.7 Å². The summed E-state index contributed by atoms with van der Waals surface area (Å²) in [5.74, 6) is -33.3. The summed E-state index contributed by atoms with van der Waals surface area (Å²) in [4.78, 5) is 35.8. The normalized spacial score (nSPS) is 14.0. The van der Waals surface area contributed by atoms with E-state index in [0.717, 1.165) is 0 Å². The standard InChI is InChI=1S/C27H30F13N3O8S/c1-14(2)19(44)50-13-16(4)51-21(46)42-18-12-17(9-8-15(18)3)41-20(45)49-11-7-6-10-43(5)52(47,48)27(39,40)25(34,35)23(30,31)22(28,29)24(32,33)26(36,37)38/h8-9,12,16H,1,6-7,10-11,13H2,2-5H3,(H,41,45)(H,42,46). The van der Waals surface area contributed by atoms with Crippen molar-refractivity contribution in [1.82, 2.24) is 4.31 Å². The van der Waals surface area contributed by atoms with E-state index in [2.05, 4.69) is 17.2 Å². The van der Waals surface area contributed by atoms with Gasteiger partial charge in [0.05, 0.1) is 6.61 Å². The van der Waals surface area contributed by atoms with Gasteiger partial charge >= 0.3 is 53.3 Å². The lowest BCUT2D eigenvalue weighted by molar-refractivity contribution is -0.433. The molecule has 1 atom stereocenters. The zero-order chi connectivity index (χ0) is 40.9. The van der Waals surface area contributed by atoms with E-state index in [-0.39, 0.29) is 30.6 Å². The predicted octanol–water partition coefficient (Wildman–Crippen LogP) is 7.34. The summed E-state index contributed by atoms with van der Waals surface area (Å²) in [5, 5.41) is -2.78. The molecule has 0 spiro atoms. The van der Waals surface area contributed by atoms with E-state index in [0.29, 0.717) is 5.56 Å². The number of carbonyl (C=O) groups excluding carboxylic acids is 3. The van der Waals surface area contributed by atoms with Crippen LogP contribution in [0.4, 0.5) is 78.0 Å². The van der Waals surface area contributed by atoms with Crippen LogP contribution in [0.2, 0.25) is 0 Å². The zero-order valence-electron chi connectivity index (χ0n) is 27.1. The molecule has 1 aromatic rings. The van der Waals surface area contributed by atoms with Gasteiger partial charge in [-0.3, -0.25) is 10.6 Å². The fraction of sp³-hybridized carbons (Fsp3) is 0.593. The van der Waals surface area contributed by atoms with Crippen LogP contribution in [0.3, 0.4) is 0 Å². The molecule has 0 aliphatic carbocycles. The molecule has 1 rings (SSSR count). The molecule has 0 aromatic heterocycles. The molecule has 0 radical (unpaired) electrons. The summed E-state index contributed by atoms with van der Waals surface area (Å²) in [5.41, 5.74) is 0.716. The van der Waals surface area contributed by atoms with Crippen molar-refractivity contribution in [2.45, 2.75) is 74.8 Å². The third-order valence-corrected chi connectivity index (χ3v) is 8.47. The van der Waals surface area contributed by atoms with Gasteiger partial charge in [0.2, 0.25) is 0 Å². The first-order valence-corrected chi connectivity index (χ1v) is 15.5. The van der Waals surface area contributed by atoms with Crippen LogP contribution < -0.4 is 10.6 Å². The monoisotopic (exact) mass is 803 g/mol. The summed E-state index contributed by atoms with van der Waals surface area (Å²) in [6.45, 7) is 5.52. The molecular formula is C27H30F13N3O8S. The van der Waals surface area contributed by atoms with E-state index in [9.17, 15) is 79.9 Å². The number of nitrogens with one attached hydrogen (secondary N) is 2. The Morgan fingerprint density at radius 1 is 0.827 bits per heavy atom. The van der Waals surface area contributed by atoms with Gasteiger partial charge in [-0.05, 0) is 51.3 Å². The third-order valence-electron chi connectivity index (χ3n) is 6.57. The quantitative estimate of drug-likeness (QED) is 0.0549. The number of unbranched alkanes of at least 4 members (excludes halogenated alkanes) is 1. The van der Waals surface area contributed by atoms with Gasteiger partial charge in [-0.1, -0.05) is 12.6 Å². The molecule has 1 unspecified atom stereocenters. The number of alkyl halides is 13. The highest BCUT2D eigenvalue weighted by molar-refractivity contribution is 7.90. The van der Waals surface area contributed by atoms with Gasteiger partial charge in [0.25, 0.3) is 10.0 Å². The second kappa shape index (κ2) is 16.3. The molecule has 52 heavy (non-hydrogen) atoms. The van der Waals surface area contributed by atoms with Gasteiger partial charge in [-0.15, -0.1) is 0 Å². The van der Waals surface area contributed by atoms with Crippen molar-refractivity contribution in [2.24, 2.45) is 0 Å². The number of benzene rings is 1. The predicted molar refractivity (Wildman–Crippen MR) is 153 cm³/mol. The summed E-state index contributed by atoms with van der Waals surface area (Å²) >= 11 is 0. The highest BCUT2D eigenvalue weighted by atomic mass is 32.2. The van der Waals surface area contributed by atoms with Crippen LogP contribution in [0, 0.1) is 6.92 Å². The first-order valence-electron chi connectivity index (χ1n) is 14.1. The fourth-order valence-electron chi connectivity index (χ4n) is 3.50. The number of aryl methyl sites for hydroxylation is 1. The van der Waals surface area contributed by atoms with E-state index in [1.165, 1.54) is 32.0 Å². The van der Waals surface area contributed by atoms with Crippen molar-refractivity contribution in [3.63, 3.8) is 0 Å². The number of carbonyl (C=O) groups is 3. The van der Waals surface area contributed by atoms with Crippen LogP contribution in [0.5, 0.6) is 0 Å². The number of halogens is 13. The van der Waals surface area contributed by atoms with Crippen LogP contribution in [-0.2, 0) is 29.0 Å². The lowest BCUT2D eigenvalue weighted by Gasteiger charge is -2.40. The minimum absolute atomic E-state index is 0.0127. The molecule has 0 bridgehead atoms. The molecule has 0 aliphatic heterocycles. The molecule has 0 saturated carbocycles. The Hall–Kier alpha value is -4.03. The lowest BCUT2D eigenvalue weighted by atomic mass is 9.98. The SMILES string of the molecule is C=C(C)C(=O)OCC(C)OC(=O)Nc1cc(NC(=O)OCCCCN(C)S(=O)(=O)C(F)(F)C(F)(F)C(F)(F)C(F)(F)C(F)(F)C(F)(F)F)ccc1C. The highest BCUT2D eigenvalue weighted by Crippen LogP contribution is 2.61. The average molecular weight is 804 g/mol. The molecule has 1 aromatic carbocycles. The Morgan fingerprint density at radius 2 is 1.37 bits per heavy atom. The number of hydrogen-bond acceptors (Lipinski definition) is 8. The van der Waals surface area contributed by atoms with Crippen LogP contribution in [0.25, 0.3) is 0 Å². The lowest BCUT2D eigenvalue weighted by Crippen LogP contribution is -2.71. The number of nitrogens with zero attached hydrogens (tertiary/aromatic N) is 1. The number of esters is 1. The van der Waals surface area contributed by atoms with E-state index < -0.39 is 99.7 Å². The van der Waals surface area contributed by atoms with Crippen LogP contribution in [-0.4, -0.2) is 98.9 Å². The molecule has 0 fully saturated rings. The Kier molecular flexibility index (Phi) is 14.4. The number of anilines is 2. The second-order valence-corrected chi connectivity index (χ2v) is 12.9. The molecule has 0 heterocycles. The fourth-order valence-corrected chi connectivity index (χ4v) is 4.71. The number of sulfonamides is 1. The van der Waals surface area contributed by atoms with Crippen molar-refractivity contribution in [1.29, 1.82) is 0 Å². The van der Waals surface area contributed by atoms with Crippen molar-refractivity contribution in [3.05, 3.63) is 35.9 Å². The topological polar surface area (TPSA) is 140 Å². The molecule has 0 saturated heterocycles. The number of hydrogen-bond donors (Lipinski definition) is 2. The smallest absolute Gasteiger partial charge is 0.458 e. The maximum atomic E-state index is 14.2. The Bertz CT molecular complexity index is 1590. The minimum Gasteiger partial charge on any atom is -0.458 e. The maximum absolute atomic E-state index is 14.2. The number of amides is 2. The van der Waals surface area contributed by atoms with E-state index in [1.54, 1.807) is 6.92 Å². The molecule has 25 heteroatoms. The molecular weight excluding hydrogens is 773 g/mol. The summed E-state index contributed by atoms with van der Waals surface area (Å²) < 4.78 is 211. The molecule has 2 N–H and O–H groups in total. The first-order chi connectivity index (χ1) is 23.3. The van der Waals surface area contributed by atoms with Gasteiger partial charge in [0, 0.05) is 30.5 Å². The molecule has 298 valence electrons. The van der Waals surface area contributed by atoms with Crippen LogP contribution >= 0.6 is 0 Å². The van der Waals surface area contributed by atoms with Gasteiger partial charge in [-0.2, -0.15) is 61.4 Å². The van der Waals surface area contributed by atoms with Crippen LogP contribution in [0.15, 0.2) is 30.4 Å². The summed E-state index contributed by atoms with van der Waals surface area (Å²) in [6, 6.07) is 4.01. The van der Waals surface area contributed by atoms with Crippen molar-refractivity contribution >= 4 is 39.6 Å². The maximum Gasteiger partial charge on any atom is 0.460 e. The second-order valence-electron chi connectivity index (χ2n) is 10.9. The Balaban J connectivity index is 2.80. The van der Waals surface area contributed by atoms with Crippen molar-refractivity contribution < 1.29 is 94.1 Å².